The molecule has 0 bridgehead atoms. The number of hydrogen-bond acceptors (Lipinski definition) is 5. The molecule has 0 unspecified atom stereocenters. The number of fused-ring (bicyclic) bond motifs is 1. The smallest absolute Gasteiger partial charge is 0.167 e. The number of halogens is 1. The lowest BCUT2D eigenvalue weighted by atomic mass is 10.2. The summed E-state index contributed by atoms with van der Waals surface area (Å²) in [7, 11) is 1.42. The van der Waals surface area contributed by atoms with Gasteiger partial charge in [-0.1, -0.05) is 0 Å². The summed E-state index contributed by atoms with van der Waals surface area (Å²) in [4.78, 5) is 8.35. The molecule has 106 valence electrons. The van der Waals surface area contributed by atoms with E-state index in [0.717, 1.165) is 10.9 Å². The van der Waals surface area contributed by atoms with E-state index in [4.69, 9.17) is 10.5 Å². The first-order chi connectivity index (χ1) is 10.2. The first-order valence-electron chi connectivity index (χ1n) is 6.28. The SMILES string of the molecule is COc1ccc(Nc2ncnc3ccc(N)cc23)cc1F. The Morgan fingerprint density at radius 2 is 2.00 bits per heavy atom. The van der Waals surface area contributed by atoms with Crippen molar-refractivity contribution in [1.82, 2.24) is 9.97 Å². The van der Waals surface area contributed by atoms with Gasteiger partial charge in [-0.15, -0.1) is 0 Å². The van der Waals surface area contributed by atoms with Gasteiger partial charge in [0.1, 0.15) is 12.1 Å². The molecule has 0 aliphatic heterocycles. The van der Waals surface area contributed by atoms with Gasteiger partial charge in [-0.3, -0.25) is 0 Å². The number of ether oxygens (including phenoxy) is 1. The quantitative estimate of drug-likeness (QED) is 0.723. The predicted molar refractivity (Wildman–Crippen MR) is 80.2 cm³/mol. The van der Waals surface area contributed by atoms with Gasteiger partial charge in [-0.2, -0.15) is 0 Å². The summed E-state index contributed by atoms with van der Waals surface area (Å²) in [6.45, 7) is 0. The maximum atomic E-state index is 13.7. The number of benzene rings is 2. The number of nitrogens with two attached hydrogens (primary N) is 1. The first-order valence-corrected chi connectivity index (χ1v) is 6.28. The zero-order valence-corrected chi connectivity index (χ0v) is 11.3. The number of hydrogen-bond donors (Lipinski definition) is 2. The standard InChI is InChI=1S/C15H13FN4O/c1-21-14-5-3-10(7-12(14)16)20-15-11-6-9(17)2-4-13(11)18-8-19-15/h2-8H,17H2,1H3,(H,18,19,20). The van der Waals surface area contributed by atoms with Crippen LogP contribution in [0, 0.1) is 5.82 Å². The van der Waals surface area contributed by atoms with E-state index in [2.05, 4.69) is 15.3 Å². The average molecular weight is 284 g/mol. The maximum Gasteiger partial charge on any atom is 0.167 e. The number of rotatable bonds is 3. The maximum absolute atomic E-state index is 13.7. The molecule has 0 atom stereocenters. The van der Waals surface area contributed by atoms with E-state index in [1.165, 1.54) is 19.5 Å². The van der Waals surface area contributed by atoms with Crippen LogP contribution >= 0.6 is 0 Å². The second-order valence-electron chi connectivity index (χ2n) is 4.47. The summed E-state index contributed by atoms with van der Waals surface area (Å²) in [5.74, 6) is 0.314. The van der Waals surface area contributed by atoms with Gasteiger partial charge >= 0.3 is 0 Å². The number of nitrogen functional groups attached to an aromatic ring is 1. The fraction of sp³-hybridized carbons (Fsp3) is 0.0667. The Bertz CT molecular complexity index is 807. The van der Waals surface area contributed by atoms with E-state index in [1.54, 1.807) is 24.3 Å². The van der Waals surface area contributed by atoms with Crippen LogP contribution in [-0.4, -0.2) is 17.1 Å². The Morgan fingerprint density at radius 1 is 1.14 bits per heavy atom. The molecule has 0 saturated carbocycles. The van der Waals surface area contributed by atoms with Gasteiger partial charge in [0.25, 0.3) is 0 Å². The Morgan fingerprint density at radius 3 is 2.76 bits per heavy atom. The van der Waals surface area contributed by atoms with Gasteiger partial charge in [0, 0.05) is 22.8 Å². The highest BCUT2D eigenvalue weighted by atomic mass is 19.1. The van der Waals surface area contributed by atoms with Gasteiger partial charge in [-0.25, -0.2) is 14.4 Å². The second kappa shape index (κ2) is 5.24. The molecule has 3 rings (SSSR count). The van der Waals surface area contributed by atoms with Crippen LogP contribution in [0.1, 0.15) is 0 Å². The predicted octanol–water partition coefficient (Wildman–Crippen LogP) is 3.10. The lowest BCUT2D eigenvalue weighted by molar-refractivity contribution is 0.386. The van der Waals surface area contributed by atoms with Crippen LogP contribution in [0.4, 0.5) is 21.6 Å². The van der Waals surface area contributed by atoms with Crippen molar-refractivity contribution in [2.24, 2.45) is 0 Å². The summed E-state index contributed by atoms with van der Waals surface area (Å²) in [5, 5.41) is 3.84. The number of nitrogens with one attached hydrogen (secondary N) is 1. The van der Waals surface area contributed by atoms with E-state index >= 15 is 0 Å². The molecule has 3 aromatic rings. The van der Waals surface area contributed by atoms with Crippen LogP contribution in [0.15, 0.2) is 42.7 Å². The summed E-state index contributed by atoms with van der Waals surface area (Å²) < 4.78 is 18.6. The van der Waals surface area contributed by atoms with Crippen molar-refractivity contribution in [3.63, 3.8) is 0 Å². The van der Waals surface area contributed by atoms with Crippen LogP contribution in [0.3, 0.4) is 0 Å². The lowest BCUT2D eigenvalue weighted by Gasteiger charge is -2.10. The minimum atomic E-state index is -0.444. The van der Waals surface area contributed by atoms with Gasteiger partial charge in [0.05, 0.1) is 12.6 Å². The van der Waals surface area contributed by atoms with Crippen molar-refractivity contribution < 1.29 is 9.13 Å². The fourth-order valence-corrected chi connectivity index (χ4v) is 2.05. The Hall–Kier alpha value is -2.89. The zero-order chi connectivity index (χ0) is 14.8. The highest BCUT2D eigenvalue weighted by Crippen LogP contribution is 2.27. The van der Waals surface area contributed by atoms with Gasteiger partial charge in [-0.05, 0) is 30.3 Å². The third kappa shape index (κ3) is 2.55. The monoisotopic (exact) mass is 284 g/mol. The highest BCUT2D eigenvalue weighted by Gasteiger charge is 2.07. The third-order valence-corrected chi connectivity index (χ3v) is 3.07. The van der Waals surface area contributed by atoms with Crippen LogP contribution in [0.5, 0.6) is 5.75 Å². The molecule has 1 aromatic heterocycles. The van der Waals surface area contributed by atoms with Crippen molar-refractivity contribution in [3.05, 3.63) is 48.5 Å². The lowest BCUT2D eigenvalue weighted by Crippen LogP contribution is -1.98. The summed E-state index contributed by atoms with van der Waals surface area (Å²) in [6.07, 6.45) is 1.45. The van der Waals surface area contributed by atoms with Crippen LogP contribution in [0.2, 0.25) is 0 Å². The molecular formula is C15H13FN4O. The van der Waals surface area contributed by atoms with Gasteiger partial charge < -0.3 is 15.8 Å². The van der Waals surface area contributed by atoms with E-state index in [9.17, 15) is 4.39 Å². The summed E-state index contributed by atoms with van der Waals surface area (Å²) in [5.41, 5.74) is 7.73. The minimum absolute atomic E-state index is 0.192. The Kier molecular flexibility index (Phi) is 3.27. The molecule has 1 heterocycles. The van der Waals surface area contributed by atoms with Crippen LogP contribution in [0.25, 0.3) is 10.9 Å². The van der Waals surface area contributed by atoms with Crippen LogP contribution < -0.4 is 15.8 Å². The molecule has 0 fully saturated rings. The van der Waals surface area contributed by atoms with Crippen molar-refractivity contribution in [2.45, 2.75) is 0 Å². The third-order valence-electron chi connectivity index (χ3n) is 3.07. The molecule has 0 aliphatic carbocycles. The molecule has 6 heteroatoms. The van der Waals surface area contributed by atoms with Crippen LogP contribution in [-0.2, 0) is 0 Å². The van der Waals surface area contributed by atoms with Crippen molar-refractivity contribution in [3.8, 4) is 5.75 Å². The number of nitrogens with zero attached hydrogens (tertiary/aromatic N) is 2. The topological polar surface area (TPSA) is 73.1 Å². The molecule has 21 heavy (non-hydrogen) atoms. The summed E-state index contributed by atoms with van der Waals surface area (Å²) >= 11 is 0. The Balaban J connectivity index is 2.01. The van der Waals surface area contributed by atoms with Gasteiger partial charge in [0.2, 0.25) is 0 Å². The summed E-state index contributed by atoms with van der Waals surface area (Å²) in [6, 6.07) is 9.96. The van der Waals surface area contributed by atoms with Crippen molar-refractivity contribution in [2.75, 3.05) is 18.2 Å². The molecule has 0 saturated heterocycles. The molecular weight excluding hydrogens is 271 g/mol. The second-order valence-corrected chi connectivity index (χ2v) is 4.47. The van der Waals surface area contributed by atoms with Crippen molar-refractivity contribution >= 4 is 28.1 Å². The number of anilines is 3. The molecule has 0 amide bonds. The van der Waals surface area contributed by atoms with Gasteiger partial charge in [0.15, 0.2) is 11.6 Å². The normalized spacial score (nSPS) is 10.6. The Labute approximate surface area is 120 Å². The molecule has 0 aliphatic rings. The zero-order valence-electron chi connectivity index (χ0n) is 11.3. The first kappa shape index (κ1) is 13.1. The minimum Gasteiger partial charge on any atom is -0.494 e. The molecule has 5 nitrogen and oxygen atoms in total. The van der Waals surface area contributed by atoms with Crippen molar-refractivity contribution in [1.29, 1.82) is 0 Å². The number of aromatic nitrogens is 2. The highest BCUT2D eigenvalue weighted by molar-refractivity contribution is 5.92. The van der Waals surface area contributed by atoms with E-state index in [0.29, 0.717) is 17.2 Å². The molecule has 0 radical (unpaired) electrons. The molecule has 2 aromatic carbocycles. The van der Waals surface area contributed by atoms with E-state index in [-0.39, 0.29) is 5.75 Å². The average Bonchev–Trinajstić information content (AvgIpc) is 2.48. The molecule has 3 N–H and O–H groups in total. The number of methoxy groups -OCH3 is 1. The van der Waals surface area contributed by atoms with E-state index < -0.39 is 5.82 Å². The largest absolute Gasteiger partial charge is 0.494 e. The molecule has 0 spiro atoms. The fourth-order valence-electron chi connectivity index (χ4n) is 2.05. The van der Waals surface area contributed by atoms with E-state index in [1.807, 2.05) is 6.07 Å².